The summed E-state index contributed by atoms with van der Waals surface area (Å²) in [5.41, 5.74) is 0.955. The molecule has 1 unspecified atom stereocenters. The van der Waals surface area contributed by atoms with Gasteiger partial charge < -0.3 is 10.2 Å². The molecule has 0 saturated heterocycles. The van der Waals surface area contributed by atoms with Crippen LogP contribution in [0.1, 0.15) is 38.8 Å². The van der Waals surface area contributed by atoms with Crippen molar-refractivity contribution >= 4 is 73.9 Å². The molecule has 7 nitrogen and oxygen atoms in total. The van der Waals surface area contributed by atoms with Gasteiger partial charge in [-0.15, -0.1) is 0 Å². The summed E-state index contributed by atoms with van der Waals surface area (Å²) >= 11 is 24.8. The Morgan fingerprint density at radius 3 is 2.07 bits per heavy atom. The number of hydrogen-bond acceptors (Lipinski definition) is 4. The molecule has 0 aliphatic carbocycles. The van der Waals surface area contributed by atoms with Crippen LogP contribution < -0.4 is 9.62 Å². The lowest BCUT2D eigenvalue weighted by Gasteiger charge is -2.33. The maximum atomic E-state index is 14.0. The Morgan fingerprint density at radius 2 is 1.51 bits per heavy atom. The van der Waals surface area contributed by atoms with Crippen molar-refractivity contribution in [2.24, 2.45) is 0 Å². The first-order valence-electron chi connectivity index (χ1n) is 12.6. The minimum absolute atomic E-state index is 0.0206. The zero-order valence-electron chi connectivity index (χ0n) is 23.2. The molecule has 0 aliphatic heterocycles. The number of carbonyl (C=O) groups is 2. The van der Waals surface area contributed by atoms with Crippen molar-refractivity contribution in [3.05, 3.63) is 91.9 Å². The standard InChI is InChI=1S/C29H31Cl4N3O4S/c1-18-6-11-23(12-7-18)41(39,40)36(22-10-13-24(31)26(33)15-22)17-27(37)35(19(2)28(38)34-29(3,4)5)16-20-8-9-21(30)14-25(20)32/h6-15,19H,16-17H2,1-5H3,(H,34,38). The average Bonchev–Trinajstić information content (AvgIpc) is 2.87. The average molecular weight is 659 g/mol. The number of carbonyl (C=O) groups excluding carboxylic acids is 2. The van der Waals surface area contributed by atoms with E-state index in [9.17, 15) is 18.0 Å². The van der Waals surface area contributed by atoms with Crippen LogP contribution in [0.2, 0.25) is 20.1 Å². The van der Waals surface area contributed by atoms with E-state index in [0.29, 0.717) is 15.6 Å². The van der Waals surface area contributed by atoms with Gasteiger partial charge in [-0.1, -0.05) is 70.2 Å². The van der Waals surface area contributed by atoms with Crippen LogP contribution in [0.4, 0.5) is 5.69 Å². The van der Waals surface area contributed by atoms with Crippen molar-refractivity contribution in [2.45, 2.75) is 57.6 Å². The van der Waals surface area contributed by atoms with E-state index in [0.717, 1.165) is 9.87 Å². The number of aryl methyl sites for hydroxylation is 1. The van der Waals surface area contributed by atoms with Gasteiger partial charge in [0, 0.05) is 22.1 Å². The Bertz CT molecular complexity index is 1540. The van der Waals surface area contributed by atoms with E-state index in [2.05, 4.69) is 5.32 Å². The summed E-state index contributed by atoms with van der Waals surface area (Å²) < 4.78 is 28.8. The van der Waals surface area contributed by atoms with Gasteiger partial charge in [0.2, 0.25) is 11.8 Å². The summed E-state index contributed by atoms with van der Waals surface area (Å²) in [6, 6.07) is 14.4. The van der Waals surface area contributed by atoms with Crippen molar-refractivity contribution in [1.29, 1.82) is 0 Å². The summed E-state index contributed by atoms with van der Waals surface area (Å²) in [6.45, 7) is 8.15. The van der Waals surface area contributed by atoms with Crippen molar-refractivity contribution in [3.63, 3.8) is 0 Å². The Hall–Kier alpha value is -2.49. The minimum atomic E-state index is -4.25. The summed E-state index contributed by atoms with van der Waals surface area (Å²) in [5, 5.41) is 3.92. The van der Waals surface area contributed by atoms with E-state index in [-0.39, 0.29) is 27.2 Å². The van der Waals surface area contributed by atoms with Gasteiger partial charge >= 0.3 is 0 Å². The molecule has 0 spiro atoms. The lowest BCUT2D eigenvalue weighted by atomic mass is 10.1. The zero-order chi connectivity index (χ0) is 30.7. The van der Waals surface area contributed by atoms with Gasteiger partial charge in [-0.3, -0.25) is 13.9 Å². The Morgan fingerprint density at radius 1 is 0.878 bits per heavy atom. The van der Waals surface area contributed by atoms with E-state index >= 15 is 0 Å². The van der Waals surface area contributed by atoms with Crippen molar-refractivity contribution < 1.29 is 18.0 Å². The van der Waals surface area contributed by atoms with Crippen LogP contribution >= 0.6 is 46.4 Å². The maximum absolute atomic E-state index is 14.0. The third-order valence-corrected chi connectivity index (χ3v) is 9.21. The fourth-order valence-electron chi connectivity index (χ4n) is 3.90. The predicted molar refractivity (Wildman–Crippen MR) is 167 cm³/mol. The molecule has 2 amide bonds. The van der Waals surface area contributed by atoms with Gasteiger partial charge in [0.1, 0.15) is 12.6 Å². The summed E-state index contributed by atoms with van der Waals surface area (Å²) in [4.78, 5) is 28.5. The molecule has 0 aromatic heterocycles. The number of nitrogens with one attached hydrogen (secondary N) is 1. The van der Waals surface area contributed by atoms with Crippen LogP contribution in [0, 0.1) is 6.92 Å². The normalized spacial score (nSPS) is 12.5. The topological polar surface area (TPSA) is 86.8 Å². The quantitative estimate of drug-likeness (QED) is 0.265. The highest BCUT2D eigenvalue weighted by Gasteiger charge is 2.34. The highest BCUT2D eigenvalue weighted by molar-refractivity contribution is 7.92. The number of rotatable bonds is 9. The first kappa shape index (κ1) is 33.0. The van der Waals surface area contributed by atoms with Gasteiger partial charge in [0.15, 0.2) is 0 Å². The van der Waals surface area contributed by atoms with Crippen LogP contribution in [0.25, 0.3) is 0 Å². The van der Waals surface area contributed by atoms with E-state index in [1.165, 1.54) is 41.3 Å². The van der Waals surface area contributed by atoms with Crippen molar-refractivity contribution in [1.82, 2.24) is 10.2 Å². The number of sulfonamides is 1. The van der Waals surface area contributed by atoms with Gasteiger partial charge in [0.05, 0.1) is 20.6 Å². The number of anilines is 1. The number of benzene rings is 3. The molecule has 0 fully saturated rings. The van der Waals surface area contributed by atoms with Crippen LogP contribution in [0.5, 0.6) is 0 Å². The SMILES string of the molecule is Cc1ccc(S(=O)(=O)N(CC(=O)N(Cc2ccc(Cl)cc2Cl)C(C)C(=O)NC(C)(C)C)c2ccc(Cl)c(Cl)c2)cc1. The molecular weight excluding hydrogens is 628 g/mol. The fraction of sp³-hybridized carbons (Fsp3) is 0.310. The lowest BCUT2D eigenvalue weighted by Crippen LogP contribution is -2.54. The van der Waals surface area contributed by atoms with Crippen LogP contribution in [0.3, 0.4) is 0 Å². The van der Waals surface area contributed by atoms with E-state index in [1.807, 2.05) is 27.7 Å². The van der Waals surface area contributed by atoms with Crippen LogP contribution in [0.15, 0.2) is 65.6 Å². The lowest BCUT2D eigenvalue weighted by molar-refractivity contribution is -0.140. The highest BCUT2D eigenvalue weighted by Crippen LogP contribution is 2.31. The predicted octanol–water partition coefficient (Wildman–Crippen LogP) is 7.14. The molecule has 3 rings (SSSR count). The first-order valence-corrected chi connectivity index (χ1v) is 15.5. The van der Waals surface area contributed by atoms with E-state index < -0.39 is 40.0 Å². The van der Waals surface area contributed by atoms with Gasteiger partial charge in [0.25, 0.3) is 10.0 Å². The number of halogens is 4. The monoisotopic (exact) mass is 657 g/mol. The summed E-state index contributed by atoms with van der Waals surface area (Å²) in [7, 11) is -4.25. The van der Waals surface area contributed by atoms with Gasteiger partial charge in [-0.2, -0.15) is 0 Å². The molecule has 3 aromatic rings. The Labute approximate surface area is 261 Å². The Kier molecular flexibility index (Phi) is 10.6. The van der Waals surface area contributed by atoms with Crippen molar-refractivity contribution in [3.8, 4) is 0 Å². The van der Waals surface area contributed by atoms with E-state index in [4.69, 9.17) is 46.4 Å². The zero-order valence-corrected chi connectivity index (χ0v) is 27.1. The second-order valence-corrected chi connectivity index (χ2v) is 14.1. The fourth-order valence-corrected chi connectivity index (χ4v) is 6.06. The third kappa shape index (κ3) is 8.52. The molecule has 0 heterocycles. The number of amides is 2. The van der Waals surface area contributed by atoms with Crippen LogP contribution in [-0.4, -0.2) is 43.3 Å². The molecule has 12 heteroatoms. The molecule has 41 heavy (non-hydrogen) atoms. The minimum Gasteiger partial charge on any atom is -0.350 e. The number of hydrogen-bond donors (Lipinski definition) is 1. The second-order valence-electron chi connectivity index (χ2n) is 10.6. The molecule has 0 radical (unpaired) electrons. The molecule has 220 valence electrons. The third-order valence-electron chi connectivity index (χ3n) is 6.10. The molecule has 0 aliphatic rings. The smallest absolute Gasteiger partial charge is 0.264 e. The van der Waals surface area contributed by atoms with Gasteiger partial charge in [-0.25, -0.2) is 8.42 Å². The molecule has 0 bridgehead atoms. The molecule has 1 atom stereocenters. The molecule has 0 saturated carbocycles. The number of nitrogens with zero attached hydrogens (tertiary/aromatic N) is 2. The summed E-state index contributed by atoms with van der Waals surface area (Å²) in [5.74, 6) is -1.06. The first-order chi connectivity index (χ1) is 19.0. The van der Waals surface area contributed by atoms with Crippen LogP contribution in [-0.2, 0) is 26.2 Å². The Balaban J connectivity index is 2.09. The second kappa shape index (κ2) is 13.2. The van der Waals surface area contributed by atoms with E-state index in [1.54, 1.807) is 31.2 Å². The highest BCUT2D eigenvalue weighted by atomic mass is 35.5. The molecule has 1 N–H and O–H groups in total. The maximum Gasteiger partial charge on any atom is 0.264 e. The summed E-state index contributed by atoms with van der Waals surface area (Å²) in [6.07, 6.45) is 0. The largest absolute Gasteiger partial charge is 0.350 e. The molecular formula is C29H31Cl4N3O4S. The van der Waals surface area contributed by atoms with Crippen molar-refractivity contribution in [2.75, 3.05) is 10.8 Å². The molecule has 3 aromatic carbocycles. The van der Waals surface area contributed by atoms with Gasteiger partial charge in [-0.05, 0) is 82.6 Å².